The van der Waals surface area contributed by atoms with Gasteiger partial charge in [0.15, 0.2) is 0 Å². The first kappa shape index (κ1) is 14.2. The number of anilines is 1. The highest BCUT2D eigenvalue weighted by Crippen LogP contribution is 2.26. The van der Waals surface area contributed by atoms with E-state index in [2.05, 4.69) is 5.32 Å². The second kappa shape index (κ2) is 6.27. The van der Waals surface area contributed by atoms with E-state index in [9.17, 15) is 9.59 Å². The van der Waals surface area contributed by atoms with Crippen molar-refractivity contribution >= 4 is 17.7 Å². The minimum absolute atomic E-state index is 0.111. The van der Waals surface area contributed by atoms with Gasteiger partial charge < -0.3 is 20.1 Å². The molecule has 6 heteroatoms. The van der Waals surface area contributed by atoms with E-state index in [-0.39, 0.29) is 11.6 Å². The lowest BCUT2D eigenvalue weighted by Gasteiger charge is -2.27. The minimum atomic E-state index is -1.04. The summed E-state index contributed by atoms with van der Waals surface area (Å²) in [6.45, 7) is 1.46. The molecule has 0 saturated carbocycles. The van der Waals surface area contributed by atoms with Crippen LogP contribution in [0.25, 0.3) is 0 Å². The predicted molar refractivity (Wildman–Crippen MR) is 74.4 cm³/mol. The molecule has 108 valence electrons. The molecule has 20 heavy (non-hydrogen) atoms. The number of benzene rings is 1. The third-order valence-corrected chi connectivity index (χ3v) is 3.33. The van der Waals surface area contributed by atoms with E-state index >= 15 is 0 Å². The number of nitrogens with zero attached hydrogens (tertiary/aromatic N) is 1. The normalized spacial score (nSPS) is 14.8. The highest BCUT2D eigenvalue weighted by atomic mass is 16.5. The molecule has 1 aliphatic rings. The van der Waals surface area contributed by atoms with Crippen molar-refractivity contribution in [3.05, 3.63) is 23.8 Å². The van der Waals surface area contributed by atoms with Crippen LogP contribution in [-0.4, -0.2) is 42.2 Å². The number of piperidine rings is 1. The molecular formula is C14H18N2O4. The molecular weight excluding hydrogens is 260 g/mol. The first-order valence-electron chi connectivity index (χ1n) is 6.59. The number of carbonyl (C=O) groups is 2. The van der Waals surface area contributed by atoms with Gasteiger partial charge in [0.2, 0.25) is 0 Å². The number of carboxylic acid groups (broad SMARTS) is 1. The van der Waals surface area contributed by atoms with Crippen LogP contribution in [0.3, 0.4) is 0 Å². The number of rotatable bonds is 3. The van der Waals surface area contributed by atoms with Gasteiger partial charge in [-0.3, -0.25) is 0 Å². The molecule has 1 heterocycles. The molecule has 0 aliphatic carbocycles. The van der Waals surface area contributed by atoms with E-state index in [0.29, 0.717) is 11.4 Å². The summed E-state index contributed by atoms with van der Waals surface area (Å²) in [6, 6.07) is 4.17. The highest BCUT2D eigenvalue weighted by Gasteiger charge is 2.18. The quantitative estimate of drug-likeness (QED) is 0.890. The SMILES string of the molecule is COc1ccc(C(=O)O)cc1NC(=O)N1CCCCC1. The van der Waals surface area contributed by atoms with Gasteiger partial charge in [-0.05, 0) is 37.5 Å². The number of aromatic carboxylic acids is 1. The van der Waals surface area contributed by atoms with Crippen molar-refractivity contribution in [2.24, 2.45) is 0 Å². The number of nitrogens with one attached hydrogen (secondary N) is 1. The molecule has 0 bridgehead atoms. The number of hydrogen-bond donors (Lipinski definition) is 2. The van der Waals surface area contributed by atoms with Gasteiger partial charge in [0, 0.05) is 13.1 Å². The summed E-state index contributed by atoms with van der Waals surface area (Å²) in [5.74, 6) is -0.596. The second-order valence-corrected chi connectivity index (χ2v) is 4.70. The largest absolute Gasteiger partial charge is 0.495 e. The Labute approximate surface area is 117 Å². The maximum atomic E-state index is 12.1. The van der Waals surface area contributed by atoms with Crippen LogP contribution in [-0.2, 0) is 0 Å². The summed E-state index contributed by atoms with van der Waals surface area (Å²) in [4.78, 5) is 24.8. The Bertz CT molecular complexity index is 510. The Kier molecular flexibility index (Phi) is 4.45. The molecule has 0 unspecified atom stereocenters. The van der Waals surface area contributed by atoms with Gasteiger partial charge in [0.1, 0.15) is 5.75 Å². The maximum Gasteiger partial charge on any atom is 0.335 e. The highest BCUT2D eigenvalue weighted by molar-refractivity contribution is 5.94. The number of amides is 2. The molecule has 0 aromatic heterocycles. The Morgan fingerprint density at radius 2 is 1.95 bits per heavy atom. The van der Waals surface area contributed by atoms with Gasteiger partial charge in [0.25, 0.3) is 0 Å². The summed E-state index contributed by atoms with van der Waals surface area (Å²) < 4.78 is 5.14. The molecule has 2 N–H and O–H groups in total. The topological polar surface area (TPSA) is 78.9 Å². The minimum Gasteiger partial charge on any atom is -0.495 e. The Hall–Kier alpha value is -2.24. The van der Waals surface area contributed by atoms with Crippen molar-refractivity contribution in [3.8, 4) is 5.75 Å². The number of carboxylic acids is 1. The summed E-state index contributed by atoms with van der Waals surface area (Å²) in [7, 11) is 1.48. The van der Waals surface area contributed by atoms with Crippen molar-refractivity contribution in [1.82, 2.24) is 4.90 Å². The van der Waals surface area contributed by atoms with Crippen LogP contribution in [0.2, 0.25) is 0 Å². The smallest absolute Gasteiger partial charge is 0.335 e. The van der Waals surface area contributed by atoms with Gasteiger partial charge >= 0.3 is 12.0 Å². The lowest BCUT2D eigenvalue weighted by atomic mass is 10.1. The molecule has 1 aliphatic heterocycles. The molecule has 1 aromatic rings. The Balaban J connectivity index is 2.15. The summed E-state index contributed by atoms with van der Waals surface area (Å²) in [5.41, 5.74) is 0.489. The number of methoxy groups -OCH3 is 1. The number of ether oxygens (including phenoxy) is 1. The van der Waals surface area contributed by atoms with Crippen LogP contribution >= 0.6 is 0 Å². The zero-order valence-electron chi connectivity index (χ0n) is 11.4. The molecule has 0 spiro atoms. The molecule has 0 atom stereocenters. The first-order valence-corrected chi connectivity index (χ1v) is 6.59. The lowest BCUT2D eigenvalue weighted by Crippen LogP contribution is -2.38. The lowest BCUT2D eigenvalue weighted by molar-refractivity contribution is 0.0697. The average molecular weight is 278 g/mol. The fraction of sp³-hybridized carbons (Fsp3) is 0.429. The van der Waals surface area contributed by atoms with Gasteiger partial charge in [-0.2, -0.15) is 0 Å². The standard InChI is InChI=1S/C14H18N2O4/c1-20-12-6-5-10(13(17)18)9-11(12)15-14(19)16-7-3-2-4-8-16/h5-6,9H,2-4,7-8H2,1H3,(H,15,19)(H,17,18). The van der Waals surface area contributed by atoms with Gasteiger partial charge in [0.05, 0.1) is 18.4 Å². The fourth-order valence-electron chi connectivity index (χ4n) is 2.23. The molecule has 6 nitrogen and oxygen atoms in total. The van der Waals surface area contributed by atoms with E-state index in [1.54, 1.807) is 4.90 Å². The molecule has 1 fully saturated rings. The third kappa shape index (κ3) is 3.20. The van der Waals surface area contributed by atoms with Gasteiger partial charge in [-0.15, -0.1) is 0 Å². The van der Waals surface area contributed by atoms with E-state index in [4.69, 9.17) is 9.84 Å². The van der Waals surface area contributed by atoms with E-state index in [0.717, 1.165) is 32.4 Å². The van der Waals surface area contributed by atoms with Crippen LogP contribution in [0.5, 0.6) is 5.75 Å². The second-order valence-electron chi connectivity index (χ2n) is 4.70. The van der Waals surface area contributed by atoms with E-state index in [1.165, 1.54) is 25.3 Å². The Morgan fingerprint density at radius 3 is 2.55 bits per heavy atom. The van der Waals surface area contributed by atoms with E-state index < -0.39 is 5.97 Å². The number of urea groups is 1. The van der Waals surface area contributed by atoms with Crippen molar-refractivity contribution < 1.29 is 19.4 Å². The van der Waals surface area contributed by atoms with Crippen molar-refractivity contribution in [2.75, 3.05) is 25.5 Å². The molecule has 2 amide bonds. The fourth-order valence-corrected chi connectivity index (χ4v) is 2.23. The summed E-state index contributed by atoms with van der Waals surface area (Å²) in [6.07, 6.45) is 3.14. The first-order chi connectivity index (χ1) is 9.61. The molecule has 1 saturated heterocycles. The maximum absolute atomic E-state index is 12.1. The number of carbonyl (C=O) groups excluding carboxylic acids is 1. The van der Waals surface area contributed by atoms with Crippen LogP contribution in [0.1, 0.15) is 29.6 Å². The summed E-state index contributed by atoms with van der Waals surface area (Å²) in [5, 5.41) is 11.7. The molecule has 1 aromatic carbocycles. The summed E-state index contributed by atoms with van der Waals surface area (Å²) >= 11 is 0. The third-order valence-electron chi connectivity index (χ3n) is 3.33. The monoisotopic (exact) mass is 278 g/mol. The average Bonchev–Trinajstić information content (AvgIpc) is 2.48. The van der Waals surface area contributed by atoms with Crippen LogP contribution in [0, 0.1) is 0 Å². The molecule has 0 radical (unpaired) electrons. The van der Waals surface area contributed by atoms with E-state index in [1.807, 2.05) is 0 Å². The Morgan fingerprint density at radius 1 is 1.25 bits per heavy atom. The zero-order chi connectivity index (χ0) is 14.5. The number of likely N-dealkylation sites (tertiary alicyclic amines) is 1. The van der Waals surface area contributed by atoms with Gasteiger partial charge in [-0.25, -0.2) is 9.59 Å². The predicted octanol–water partition coefficient (Wildman–Crippen LogP) is 2.41. The molecule has 2 rings (SSSR count). The van der Waals surface area contributed by atoms with Crippen molar-refractivity contribution in [1.29, 1.82) is 0 Å². The number of hydrogen-bond acceptors (Lipinski definition) is 3. The zero-order valence-corrected chi connectivity index (χ0v) is 11.4. The van der Waals surface area contributed by atoms with Gasteiger partial charge in [-0.1, -0.05) is 0 Å². The van der Waals surface area contributed by atoms with Crippen molar-refractivity contribution in [3.63, 3.8) is 0 Å². The van der Waals surface area contributed by atoms with Crippen LogP contribution in [0.4, 0.5) is 10.5 Å². The van der Waals surface area contributed by atoms with Crippen molar-refractivity contribution in [2.45, 2.75) is 19.3 Å². The van der Waals surface area contributed by atoms with Crippen LogP contribution in [0.15, 0.2) is 18.2 Å². The van der Waals surface area contributed by atoms with Crippen LogP contribution < -0.4 is 10.1 Å².